The van der Waals surface area contributed by atoms with E-state index in [1.54, 1.807) is 6.92 Å². The molecule has 0 unspecified atom stereocenters. The summed E-state index contributed by atoms with van der Waals surface area (Å²) >= 11 is 0. The summed E-state index contributed by atoms with van der Waals surface area (Å²) in [4.78, 5) is 15.2. The van der Waals surface area contributed by atoms with Crippen LogP contribution in [0.2, 0.25) is 0 Å². The molecule has 0 atom stereocenters. The number of hydrogen-bond donors (Lipinski definition) is 1. The summed E-state index contributed by atoms with van der Waals surface area (Å²) in [6.07, 6.45) is -6.17. The Morgan fingerprint density at radius 3 is 2.70 bits per heavy atom. The molecule has 0 saturated heterocycles. The van der Waals surface area contributed by atoms with E-state index in [9.17, 15) is 22.4 Å². The van der Waals surface area contributed by atoms with Crippen LogP contribution in [0.25, 0.3) is 11.0 Å². The second-order valence-corrected chi connectivity index (χ2v) is 4.15. The maximum atomic E-state index is 13.1. The van der Waals surface area contributed by atoms with E-state index in [1.807, 2.05) is 0 Å². The number of aryl methyl sites for hydroxylation is 1. The molecule has 1 aromatic heterocycles. The van der Waals surface area contributed by atoms with Gasteiger partial charge in [0, 0.05) is 12.6 Å². The van der Waals surface area contributed by atoms with E-state index in [4.69, 9.17) is 0 Å². The Morgan fingerprint density at radius 1 is 1.40 bits per heavy atom. The van der Waals surface area contributed by atoms with Crippen LogP contribution in [0.15, 0.2) is 18.2 Å². The highest BCUT2D eigenvalue weighted by Crippen LogP contribution is 2.23. The van der Waals surface area contributed by atoms with Gasteiger partial charge in [-0.2, -0.15) is 13.2 Å². The molecule has 2 rings (SSSR count). The highest BCUT2D eigenvalue weighted by atomic mass is 19.4. The van der Waals surface area contributed by atoms with Crippen LogP contribution >= 0.6 is 0 Å². The van der Waals surface area contributed by atoms with Crippen molar-refractivity contribution in [2.24, 2.45) is 0 Å². The number of amides is 1. The van der Waals surface area contributed by atoms with Crippen molar-refractivity contribution in [2.75, 3.05) is 5.32 Å². The third-order valence-electron chi connectivity index (χ3n) is 2.64. The fraction of sp³-hybridized carbons (Fsp3) is 0.333. The van der Waals surface area contributed by atoms with Gasteiger partial charge in [-0.3, -0.25) is 10.1 Å². The minimum absolute atomic E-state index is 0.0256. The van der Waals surface area contributed by atoms with Crippen molar-refractivity contribution in [3.05, 3.63) is 24.0 Å². The van der Waals surface area contributed by atoms with Crippen LogP contribution in [0.4, 0.5) is 23.5 Å². The molecule has 1 aromatic carbocycles. The zero-order valence-corrected chi connectivity index (χ0v) is 10.5. The molecular weight excluding hydrogens is 278 g/mol. The van der Waals surface area contributed by atoms with Crippen LogP contribution < -0.4 is 5.32 Å². The molecule has 0 spiro atoms. The Kier molecular flexibility index (Phi) is 3.65. The molecule has 1 heterocycles. The first-order valence-corrected chi connectivity index (χ1v) is 5.82. The van der Waals surface area contributed by atoms with Crippen molar-refractivity contribution in [1.82, 2.24) is 9.55 Å². The fourth-order valence-electron chi connectivity index (χ4n) is 1.87. The molecule has 4 nitrogen and oxygen atoms in total. The number of halogens is 4. The topological polar surface area (TPSA) is 46.9 Å². The van der Waals surface area contributed by atoms with Gasteiger partial charge < -0.3 is 4.57 Å². The molecule has 0 aliphatic heterocycles. The number of rotatable bonds is 3. The average molecular weight is 289 g/mol. The number of carbonyl (C=O) groups excluding carboxylic acids is 1. The van der Waals surface area contributed by atoms with Crippen molar-refractivity contribution >= 4 is 22.9 Å². The summed E-state index contributed by atoms with van der Waals surface area (Å²) in [5, 5.41) is 2.10. The van der Waals surface area contributed by atoms with Crippen LogP contribution in [0.5, 0.6) is 0 Å². The quantitative estimate of drug-likeness (QED) is 0.883. The lowest BCUT2D eigenvalue weighted by molar-refractivity contribution is -0.150. The zero-order chi connectivity index (χ0) is 14.9. The average Bonchev–Trinajstić information content (AvgIpc) is 2.62. The van der Waals surface area contributed by atoms with Gasteiger partial charge in [0.1, 0.15) is 12.2 Å². The van der Waals surface area contributed by atoms with Gasteiger partial charge in [0.2, 0.25) is 11.9 Å². The Bertz CT molecular complexity index is 648. The van der Waals surface area contributed by atoms with Gasteiger partial charge in [-0.15, -0.1) is 0 Å². The largest absolute Gasteiger partial charge is 0.397 e. The smallest absolute Gasteiger partial charge is 0.310 e. The third kappa shape index (κ3) is 3.06. The highest BCUT2D eigenvalue weighted by molar-refractivity contribution is 5.91. The SMILES string of the molecule is CCn1c(NC(=O)CC(F)(F)F)nc2cc(F)ccc21. The van der Waals surface area contributed by atoms with E-state index in [0.717, 1.165) is 6.07 Å². The Balaban J connectivity index is 2.32. The maximum absolute atomic E-state index is 13.1. The molecule has 0 aliphatic carbocycles. The van der Waals surface area contributed by atoms with Crippen LogP contribution in [0.3, 0.4) is 0 Å². The summed E-state index contributed by atoms with van der Waals surface area (Å²) in [5.41, 5.74) is 0.811. The lowest BCUT2D eigenvalue weighted by Crippen LogP contribution is -2.22. The van der Waals surface area contributed by atoms with E-state index in [2.05, 4.69) is 10.3 Å². The van der Waals surface area contributed by atoms with Crippen LogP contribution in [0.1, 0.15) is 13.3 Å². The van der Waals surface area contributed by atoms with Gasteiger partial charge in [-0.05, 0) is 19.1 Å². The second-order valence-electron chi connectivity index (χ2n) is 4.15. The molecule has 1 N–H and O–H groups in total. The molecule has 0 saturated carbocycles. The molecular formula is C12H11F4N3O. The fourth-order valence-corrected chi connectivity index (χ4v) is 1.87. The van der Waals surface area contributed by atoms with Crippen LogP contribution in [-0.2, 0) is 11.3 Å². The molecule has 0 radical (unpaired) electrons. The van der Waals surface area contributed by atoms with Gasteiger partial charge in [-0.25, -0.2) is 9.37 Å². The Labute approximate surface area is 111 Å². The first kappa shape index (κ1) is 14.3. The van der Waals surface area contributed by atoms with Gasteiger partial charge >= 0.3 is 6.18 Å². The third-order valence-corrected chi connectivity index (χ3v) is 2.64. The van der Waals surface area contributed by atoms with Crippen molar-refractivity contribution in [2.45, 2.75) is 26.1 Å². The number of imidazole rings is 1. The van der Waals surface area contributed by atoms with Crippen LogP contribution in [-0.4, -0.2) is 21.6 Å². The van der Waals surface area contributed by atoms with Crippen molar-refractivity contribution in [3.63, 3.8) is 0 Å². The maximum Gasteiger partial charge on any atom is 0.397 e. The van der Waals surface area contributed by atoms with Crippen LogP contribution in [0, 0.1) is 5.82 Å². The number of aromatic nitrogens is 2. The molecule has 0 aliphatic rings. The number of nitrogens with zero attached hydrogens (tertiary/aromatic N) is 2. The van der Waals surface area contributed by atoms with Gasteiger partial charge in [0.05, 0.1) is 11.0 Å². The van der Waals surface area contributed by atoms with Gasteiger partial charge in [0.25, 0.3) is 0 Å². The van der Waals surface area contributed by atoms with Crippen molar-refractivity contribution < 1.29 is 22.4 Å². The summed E-state index contributed by atoms with van der Waals surface area (Å²) in [7, 11) is 0. The lowest BCUT2D eigenvalue weighted by atomic mass is 10.3. The van der Waals surface area contributed by atoms with E-state index >= 15 is 0 Å². The highest BCUT2D eigenvalue weighted by Gasteiger charge is 2.31. The molecule has 0 fully saturated rings. The summed E-state index contributed by atoms with van der Waals surface area (Å²) in [6.45, 7) is 2.12. The molecule has 2 aromatic rings. The number of hydrogen-bond acceptors (Lipinski definition) is 2. The normalized spacial score (nSPS) is 11.8. The van der Waals surface area contributed by atoms with Crippen molar-refractivity contribution in [3.8, 4) is 0 Å². The van der Waals surface area contributed by atoms with E-state index in [0.29, 0.717) is 12.1 Å². The lowest BCUT2D eigenvalue weighted by Gasteiger charge is -2.09. The molecule has 20 heavy (non-hydrogen) atoms. The standard InChI is InChI=1S/C12H11F4N3O/c1-2-19-9-4-3-7(13)5-8(9)17-11(19)18-10(20)6-12(14,15)16/h3-5H,2,6H2,1H3,(H,17,18,20). The zero-order valence-electron chi connectivity index (χ0n) is 10.5. The molecule has 1 amide bonds. The summed E-state index contributed by atoms with van der Waals surface area (Å²) < 4.78 is 50.9. The number of anilines is 1. The molecule has 0 bridgehead atoms. The monoisotopic (exact) mass is 289 g/mol. The first-order valence-electron chi connectivity index (χ1n) is 5.82. The number of alkyl halides is 3. The predicted octanol–water partition coefficient (Wildman–Crippen LogP) is 3.09. The predicted molar refractivity (Wildman–Crippen MR) is 64.7 cm³/mol. The Morgan fingerprint density at radius 2 is 2.10 bits per heavy atom. The number of nitrogens with one attached hydrogen (secondary N) is 1. The summed E-state index contributed by atoms with van der Waals surface area (Å²) in [5.74, 6) is -1.74. The van der Waals surface area contributed by atoms with Gasteiger partial charge in [0.15, 0.2) is 0 Å². The second kappa shape index (κ2) is 5.10. The van der Waals surface area contributed by atoms with E-state index in [1.165, 1.54) is 16.7 Å². The molecule has 8 heteroatoms. The van der Waals surface area contributed by atoms with E-state index in [-0.39, 0.29) is 11.5 Å². The van der Waals surface area contributed by atoms with Crippen molar-refractivity contribution in [1.29, 1.82) is 0 Å². The number of carbonyl (C=O) groups is 1. The summed E-state index contributed by atoms with van der Waals surface area (Å²) in [6, 6.07) is 3.83. The first-order chi connectivity index (χ1) is 9.30. The molecule has 108 valence electrons. The van der Waals surface area contributed by atoms with Gasteiger partial charge in [-0.1, -0.05) is 0 Å². The minimum Gasteiger partial charge on any atom is -0.310 e. The van der Waals surface area contributed by atoms with E-state index < -0.39 is 24.3 Å². The Hall–Kier alpha value is -2.12. The minimum atomic E-state index is -4.58. The number of benzene rings is 1. The number of fused-ring (bicyclic) bond motifs is 1.